The Hall–Kier alpha value is -0.670. The fourth-order valence-corrected chi connectivity index (χ4v) is 1.44. The van der Waals surface area contributed by atoms with E-state index < -0.39 is 0 Å². The van der Waals surface area contributed by atoms with Crippen LogP contribution in [0.5, 0.6) is 5.75 Å². The highest BCUT2D eigenvalue weighted by Crippen LogP contribution is 2.24. The number of hydrogen-bond acceptors (Lipinski definition) is 3. The minimum atomic E-state index is 0.482. The first-order valence-electron chi connectivity index (χ1n) is 4.14. The van der Waals surface area contributed by atoms with Crippen molar-refractivity contribution in [2.75, 3.05) is 18.6 Å². The molecule has 0 bridgehead atoms. The van der Waals surface area contributed by atoms with Crippen molar-refractivity contribution >= 4 is 29.6 Å². The van der Waals surface area contributed by atoms with Crippen LogP contribution in [0.15, 0.2) is 18.2 Å². The molecule has 0 saturated heterocycles. The first kappa shape index (κ1) is 11.4. The molecule has 2 nitrogen and oxygen atoms in total. The van der Waals surface area contributed by atoms with Gasteiger partial charge in [-0.05, 0) is 24.5 Å². The Morgan fingerprint density at radius 2 is 2.36 bits per heavy atom. The SMILES string of the molecule is CSCCOc1ccc(C=O)cc1Cl. The van der Waals surface area contributed by atoms with Gasteiger partial charge >= 0.3 is 0 Å². The summed E-state index contributed by atoms with van der Waals surface area (Å²) in [5.41, 5.74) is 0.562. The molecule has 1 rings (SSSR count). The number of aldehydes is 1. The van der Waals surface area contributed by atoms with E-state index in [1.165, 1.54) is 0 Å². The lowest BCUT2D eigenvalue weighted by Gasteiger charge is -2.06. The van der Waals surface area contributed by atoms with Crippen molar-refractivity contribution in [3.05, 3.63) is 28.8 Å². The Morgan fingerprint density at radius 3 is 2.93 bits per heavy atom. The summed E-state index contributed by atoms with van der Waals surface area (Å²) >= 11 is 7.61. The van der Waals surface area contributed by atoms with Crippen LogP contribution in [0.1, 0.15) is 10.4 Å². The van der Waals surface area contributed by atoms with Crippen LogP contribution in [0.4, 0.5) is 0 Å². The molecular weight excluding hydrogens is 220 g/mol. The zero-order valence-corrected chi connectivity index (χ0v) is 9.40. The van der Waals surface area contributed by atoms with Crippen LogP contribution in [0, 0.1) is 0 Å². The third-order valence-electron chi connectivity index (χ3n) is 1.64. The molecule has 0 atom stereocenters. The maximum atomic E-state index is 10.4. The molecule has 0 amide bonds. The molecule has 76 valence electrons. The van der Waals surface area contributed by atoms with Crippen molar-refractivity contribution in [3.63, 3.8) is 0 Å². The predicted molar refractivity (Wildman–Crippen MR) is 60.7 cm³/mol. The van der Waals surface area contributed by atoms with E-state index in [0.29, 0.717) is 22.9 Å². The molecular formula is C10H11ClO2S. The molecule has 0 heterocycles. The van der Waals surface area contributed by atoms with Crippen LogP contribution in [0.3, 0.4) is 0 Å². The third-order valence-corrected chi connectivity index (χ3v) is 2.51. The zero-order chi connectivity index (χ0) is 10.4. The quantitative estimate of drug-likeness (QED) is 0.575. The molecule has 0 aromatic heterocycles. The minimum absolute atomic E-state index is 0.482. The average Bonchev–Trinajstić information content (AvgIpc) is 2.20. The zero-order valence-electron chi connectivity index (χ0n) is 7.83. The highest BCUT2D eigenvalue weighted by Gasteiger charge is 2.01. The van der Waals surface area contributed by atoms with Crippen LogP contribution in [-0.4, -0.2) is 24.9 Å². The largest absolute Gasteiger partial charge is 0.491 e. The Morgan fingerprint density at radius 1 is 1.57 bits per heavy atom. The number of carbonyl (C=O) groups is 1. The van der Waals surface area contributed by atoms with Crippen molar-refractivity contribution < 1.29 is 9.53 Å². The predicted octanol–water partition coefficient (Wildman–Crippen LogP) is 2.89. The fourth-order valence-electron chi connectivity index (χ4n) is 0.942. The highest BCUT2D eigenvalue weighted by molar-refractivity contribution is 7.98. The van der Waals surface area contributed by atoms with Gasteiger partial charge in [0.1, 0.15) is 12.0 Å². The van der Waals surface area contributed by atoms with Crippen molar-refractivity contribution in [1.29, 1.82) is 0 Å². The second kappa shape index (κ2) is 5.94. The van der Waals surface area contributed by atoms with Gasteiger partial charge in [0.15, 0.2) is 0 Å². The summed E-state index contributed by atoms with van der Waals surface area (Å²) in [5, 5.41) is 0.482. The molecule has 0 aliphatic heterocycles. The van der Waals surface area contributed by atoms with E-state index in [-0.39, 0.29) is 0 Å². The first-order chi connectivity index (χ1) is 6.77. The lowest BCUT2D eigenvalue weighted by molar-refractivity contribution is 0.112. The van der Waals surface area contributed by atoms with Gasteiger partial charge < -0.3 is 4.74 Å². The second-order valence-corrected chi connectivity index (χ2v) is 4.04. The monoisotopic (exact) mass is 230 g/mol. The van der Waals surface area contributed by atoms with Crippen LogP contribution < -0.4 is 4.74 Å². The maximum Gasteiger partial charge on any atom is 0.150 e. The van der Waals surface area contributed by atoms with Crippen molar-refractivity contribution in [1.82, 2.24) is 0 Å². The van der Waals surface area contributed by atoms with Crippen molar-refractivity contribution in [2.45, 2.75) is 0 Å². The second-order valence-electron chi connectivity index (χ2n) is 2.65. The smallest absolute Gasteiger partial charge is 0.150 e. The van der Waals surface area contributed by atoms with E-state index in [2.05, 4.69) is 0 Å². The van der Waals surface area contributed by atoms with E-state index in [1.807, 2.05) is 6.26 Å². The molecule has 0 aliphatic carbocycles. The molecule has 1 aromatic carbocycles. The summed E-state index contributed by atoms with van der Waals surface area (Å²) < 4.78 is 5.41. The number of hydrogen-bond donors (Lipinski definition) is 0. The highest BCUT2D eigenvalue weighted by atomic mass is 35.5. The van der Waals surface area contributed by atoms with E-state index in [1.54, 1.807) is 30.0 Å². The molecule has 0 N–H and O–H groups in total. The molecule has 1 aromatic rings. The van der Waals surface area contributed by atoms with Crippen LogP contribution in [0.25, 0.3) is 0 Å². The van der Waals surface area contributed by atoms with Crippen LogP contribution in [-0.2, 0) is 0 Å². The number of benzene rings is 1. The van der Waals surface area contributed by atoms with Gasteiger partial charge in [-0.1, -0.05) is 11.6 Å². The minimum Gasteiger partial charge on any atom is -0.491 e. The molecule has 0 saturated carbocycles. The molecule has 4 heteroatoms. The van der Waals surface area contributed by atoms with Crippen molar-refractivity contribution in [2.24, 2.45) is 0 Å². The standard InChI is InChI=1S/C10H11ClO2S/c1-14-5-4-13-10-3-2-8(7-12)6-9(10)11/h2-3,6-7H,4-5H2,1H3. The van der Waals surface area contributed by atoms with Gasteiger partial charge in [-0.3, -0.25) is 4.79 Å². The maximum absolute atomic E-state index is 10.4. The van der Waals surface area contributed by atoms with E-state index in [9.17, 15) is 4.79 Å². The van der Waals surface area contributed by atoms with Gasteiger partial charge in [0.25, 0.3) is 0 Å². The Labute approximate surface area is 92.6 Å². The van der Waals surface area contributed by atoms with E-state index in [0.717, 1.165) is 12.0 Å². The van der Waals surface area contributed by atoms with E-state index in [4.69, 9.17) is 16.3 Å². The molecule has 0 radical (unpaired) electrons. The summed E-state index contributed by atoms with van der Waals surface area (Å²) in [7, 11) is 0. The van der Waals surface area contributed by atoms with Gasteiger partial charge in [0.05, 0.1) is 11.6 Å². The normalized spacial score (nSPS) is 9.86. The summed E-state index contributed by atoms with van der Waals surface area (Å²) in [4.78, 5) is 10.4. The molecule has 0 spiro atoms. The van der Waals surface area contributed by atoms with Crippen LogP contribution >= 0.6 is 23.4 Å². The Balaban J connectivity index is 2.64. The number of ether oxygens (including phenoxy) is 1. The van der Waals surface area contributed by atoms with Gasteiger partial charge in [-0.25, -0.2) is 0 Å². The summed E-state index contributed by atoms with van der Waals surface area (Å²) in [6.07, 6.45) is 2.78. The molecule has 14 heavy (non-hydrogen) atoms. The average molecular weight is 231 g/mol. The van der Waals surface area contributed by atoms with Gasteiger partial charge in [-0.15, -0.1) is 0 Å². The Bertz CT molecular complexity index is 315. The topological polar surface area (TPSA) is 26.3 Å². The van der Waals surface area contributed by atoms with Crippen LogP contribution in [0.2, 0.25) is 5.02 Å². The Kier molecular flexibility index (Phi) is 4.84. The molecule has 0 unspecified atom stereocenters. The lowest BCUT2D eigenvalue weighted by Crippen LogP contribution is -2.00. The molecule has 0 aliphatic rings. The fraction of sp³-hybridized carbons (Fsp3) is 0.300. The summed E-state index contributed by atoms with van der Waals surface area (Å²) in [5.74, 6) is 1.55. The summed E-state index contributed by atoms with van der Waals surface area (Å²) in [6.45, 7) is 0.626. The first-order valence-corrected chi connectivity index (χ1v) is 5.91. The number of carbonyl (C=O) groups excluding carboxylic acids is 1. The van der Waals surface area contributed by atoms with Gasteiger partial charge in [0, 0.05) is 11.3 Å². The number of thioether (sulfide) groups is 1. The lowest BCUT2D eigenvalue weighted by atomic mass is 10.2. The number of halogens is 1. The van der Waals surface area contributed by atoms with E-state index >= 15 is 0 Å². The third kappa shape index (κ3) is 3.24. The number of rotatable bonds is 5. The molecule has 0 fully saturated rings. The van der Waals surface area contributed by atoms with Crippen molar-refractivity contribution in [3.8, 4) is 5.75 Å². The van der Waals surface area contributed by atoms with Gasteiger partial charge in [0.2, 0.25) is 0 Å². The summed E-state index contributed by atoms with van der Waals surface area (Å²) in [6, 6.07) is 5.00. The van der Waals surface area contributed by atoms with Gasteiger partial charge in [-0.2, -0.15) is 11.8 Å².